The Morgan fingerprint density at radius 3 is 2.92 bits per heavy atom. The molecule has 0 aromatic heterocycles. The van der Waals surface area contributed by atoms with Crippen LogP contribution in [0.1, 0.15) is 25.7 Å². The molecule has 2 rings (SSSR count). The van der Waals surface area contributed by atoms with Crippen LogP contribution in [-0.4, -0.2) is 30.3 Å². The van der Waals surface area contributed by atoms with E-state index in [-0.39, 0.29) is 5.54 Å². The molecule has 1 aliphatic heterocycles. The van der Waals surface area contributed by atoms with E-state index in [0.29, 0.717) is 6.10 Å². The molecule has 13 heavy (non-hydrogen) atoms. The van der Waals surface area contributed by atoms with Crippen molar-refractivity contribution < 1.29 is 4.74 Å². The topological polar surface area (TPSA) is 35.2 Å². The zero-order valence-corrected chi connectivity index (χ0v) is 9.11. The number of ether oxygens (including phenoxy) is 1. The SMILES string of the molecule is CSCCC1(N)CCOC1C1CC1. The molecule has 0 aromatic carbocycles. The van der Waals surface area contributed by atoms with Crippen molar-refractivity contribution in [1.29, 1.82) is 0 Å². The molecule has 3 heteroatoms. The zero-order valence-electron chi connectivity index (χ0n) is 8.29. The van der Waals surface area contributed by atoms with Gasteiger partial charge < -0.3 is 10.5 Å². The normalized spacial score (nSPS) is 39.7. The van der Waals surface area contributed by atoms with Crippen molar-refractivity contribution in [3.8, 4) is 0 Å². The maximum absolute atomic E-state index is 6.39. The van der Waals surface area contributed by atoms with E-state index < -0.39 is 0 Å². The average molecular weight is 201 g/mol. The molecule has 1 heterocycles. The first-order valence-electron chi connectivity index (χ1n) is 5.16. The minimum absolute atomic E-state index is 0.00414. The maximum atomic E-state index is 6.39. The lowest BCUT2D eigenvalue weighted by Crippen LogP contribution is -2.48. The van der Waals surface area contributed by atoms with E-state index in [2.05, 4.69) is 6.26 Å². The van der Waals surface area contributed by atoms with Gasteiger partial charge in [0.15, 0.2) is 0 Å². The van der Waals surface area contributed by atoms with Gasteiger partial charge in [0.2, 0.25) is 0 Å². The van der Waals surface area contributed by atoms with Crippen LogP contribution in [0.25, 0.3) is 0 Å². The van der Waals surface area contributed by atoms with Crippen molar-refractivity contribution in [2.45, 2.75) is 37.3 Å². The Hall–Kier alpha value is 0.270. The van der Waals surface area contributed by atoms with Gasteiger partial charge >= 0.3 is 0 Å². The molecule has 0 amide bonds. The second kappa shape index (κ2) is 3.79. The van der Waals surface area contributed by atoms with Gasteiger partial charge in [0.05, 0.1) is 6.10 Å². The van der Waals surface area contributed by atoms with Crippen molar-refractivity contribution in [3.63, 3.8) is 0 Å². The second-order valence-corrected chi connectivity index (χ2v) is 5.34. The lowest BCUT2D eigenvalue weighted by molar-refractivity contribution is 0.0619. The average Bonchev–Trinajstić information content (AvgIpc) is 2.88. The van der Waals surface area contributed by atoms with Gasteiger partial charge in [-0.1, -0.05) is 0 Å². The van der Waals surface area contributed by atoms with E-state index in [1.54, 1.807) is 0 Å². The van der Waals surface area contributed by atoms with Gasteiger partial charge in [-0.05, 0) is 43.6 Å². The van der Waals surface area contributed by atoms with Crippen LogP contribution in [0.3, 0.4) is 0 Å². The first kappa shape index (κ1) is 9.81. The highest BCUT2D eigenvalue weighted by Gasteiger charge is 2.48. The Bertz CT molecular complexity index is 184. The van der Waals surface area contributed by atoms with E-state index in [1.807, 2.05) is 11.8 Å². The summed E-state index contributed by atoms with van der Waals surface area (Å²) < 4.78 is 5.76. The Kier molecular flexibility index (Phi) is 2.86. The predicted octanol–water partition coefficient (Wildman–Crippen LogP) is 1.64. The smallest absolute Gasteiger partial charge is 0.0783 e. The van der Waals surface area contributed by atoms with Gasteiger partial charge in [-0.15, -0.1) is 0 Å². The molecule has 0 aromatic rings. The summed E-state index contributed by atoms with van der Waals surface area (Å²) in [5.74, 6) is 1.96. The first-order chi connectivity index (χ1) is 6.26. The molecule has 2 aliphatic rings. The fraction of sp³-hybridized carbons (Fsp3) is 1.00. The summed E-state index contributed by atoms with van der Waals surface area (Å²) >= 11 is 1.89. The second-order valence-electron chi connectivity index (χ2n) is 4.35. The molecule has 2 unspecified atom stereocenters. The fourth-order valence-electron chi connectivity index (χ4n) is 2.25. The maximum Gasteiger partial charge on any atom is 0.0783 e. The van der Waals surface area contributed by atoms with Crippen molar-refractivity contribution in [2.75, 3.05) is 18.6 Å². The first-order valence-corrected chi connectivity index (χ1v) is 6.55. The summed E-state index contributed by atoms with van der Waals surface area (Å²) in [5, 5.41) is 0. The Labute approximate surface area is 84.6 Å². The van der Waals surface area contributed by atoms with Crippen molar-refractivity contribution in [1.82, 2.24) is 0 Å². The molecule has 0 bridgehead atoms. The molecule has 1 saturated carbocycles. The minimum Gasteiger partial charge on any atom is -0.376 e. The minimum atomic E-state index is 0.00414. The molecule has 2 N–H and O–H groups in total. The molecule has 0 radical (unpaired) electrons. The third kappa shape index (κ3) is 2.03. The number of rotatable bonds is 4. The number of nitrogens with two attached hydrogens (primary N) is 1. The van der Waals surface area contributed by atoms with Gasteiger partial charge in [0.1, 0.15) is 0 Å². The van der Waals surface area contributed by atoms with Crippen LogP contribution < -0.4 is 5.73 Å². The summed E-state index contributed by atoms with van der Waals surface area (Å²) in [4.78, 5) is 0. The lowest BCUT2D eigenvalue weighted by atomic mass is 9.87. The quantitative estimate of drug-likeness (QED) is 0.751. The van der Waals surface area contributed by atoms with Gasteiger partial charge in [-0.2, -0.15) is 11.8 Å². The highest BCUT2D eigenvalue weighted by Crippen LogP contribution is 2.43. The van der Waals surface area contributed by atoms with Crippen molar-refractivity contribution >= 4 is 11.8 Å². The van der Waals surface area contributed by atoms with Crippen LogP contribution in [0.4, 0.5) is 0 Å². The van der Waals surface area contributed by atoms with Crippen molar-refractivity contribution in [2.24, 2.45) is 11.7 Å². The summed E-state index contributed by atoms with van der Waals surface area (Å²) in [6.45, 7) is 0.881. The summed E-state index contributed by atoms with van der Waals surface area (Å²) in [5.41, 5.74) is 6.40. The van der Waals surface area contributed by atoms with Crippen LogP contribution >= 0.6 is 11.8 Å². The van der Waals surface area contributed by atoms with Crippen LogP contribution in [0, 0.1) is 5.92 Å². The highest BCUT2D eigenvalue weighted by atomic mass is 32.2. The monoisotopic (exact) mass is 201 g/mol. The highest BCUT2D eigenvalue weighted by molar-refractivity contribution is 7.98. The summed E-state index contributed by atoms with van der Waals surface area (Å²) in [6.07, 6.45) is 7.38. The number of thioether (sulfide) groups is 1. The van der Waals surface area contributed by atoms with E-state index >= 15 is 0 Å². The van der Waals surface area contributed by atoms with Crippen LogP contribution in [-0.2, 0) is 4.74 Å². The standard InChI is InChI=1S/C10H19NOS/c1-13-7-5-10(11)4-6-12-9(10)8-2-3-8/h8-9H,2-7,11H2,1H3. The lowest BCUT2D eigenvalue weighted by Gasteiger charge is -2.29. The van der Waals surface area contributed by atoms with Gasteiger partial charge in [0.25, 0.3) is 0 Å². The third-order valence-corrected chi connectivity index (χ3v) is 3.87. The Morgan fingerprint density at radius 1 is 1.54 bits per heavy atom. The molecule has 2 nitrogen and oxygen atoms in total. The third-order valence-electron chi connectivity index (χ3n) is 3.25. The molecule has 1 aliphatic carbocycles. The van der Waals surface area contributed by atoms with E-state index in [1.165, 1.54) is 18.6 Å². The van der Waals surface area contributed by atoms with E-state index in [4.69, 9.17) is 10.5 Å². The van der Waals surface area contributed by atoms with Crippen LogP contribution in [0.2, 0.25) is 0 Å². The Morgan fingerprint density at radius 2 is 2.31 bits per heavy atom. The molecule has 76 valence electrons. The Balaban J connectivity index is 1.93. The molecule has 1 saturated heterocycles. The largest absolute Gasteiger partial charge is 0.376 e. The van der Waals surface area contributed by atoms with Crippen LogP contribution in [0.5, 0.6) is 0 Å². The van der Waals surface area contributed by atoms with Gasteiger partial charge in [-0.3, -0.25) is 0 Å². The summed E-state index contributed by atoms with van der Waals surface area (Å²) in [6, 6.07) is 0. The number of hydrogen-bond donors (Lipinski definition) is 1. The molecular formula is C10H19NOS. The fourth-order valence-corrected chi connectivity index (χ4v) is 2.83. The van der Waals surface area contributed by atoms with E-state index in [0.717, 1.165) is 25.4 Å². The molecular weight excluding hydrogens is 182 g/mol. The summed E-state index contributed by atoms with van der Waals surface area (Å²) in [7, 11) is 0. The predicted molar refractivity (Wildman–Crippen MR) is 57.0 cm³/mol. The van der Waals surface area contributed by atoms with E-state index in [9.17, 15) is 0 Å². The molecule has 0 spiro atoms. The molecule has 2 atom stereocenters. The molecule has 2 fully saturated rings. The zero-order chi connectivity index (χ0) is 9.31. The van der Waals surface area contributed by atoms with Gasteiger partial charge in [-0.25, -0.2) is 0 Å². The number of hydrogen-bond acceptors (Lipinski definition) is 3. The van der Waals surface area contributed by atoms with Crippen LogP contribution in [0.15, 0.2) is 0 Å². The van der Waals surface area contributed by atoms with Crippen molar-refractivity contribution in [3.05, 3.63) is 0 Å². The van der Waals surface area contributed by atoms with Gasteiger partial charge in [0, 0.05) is 12.1 Å².